The van der Waals surface area contributed by atoms with Gasteiger partial charge < -0.3 is 15.1 Å². The molecule has 2 N–H and O–H groups in total. The van der Waals surface area contributed by atoms with Crippen molar-refractivity contribution in [3.63, 3.8) is 0 Å². The predicted octanol–water partition coefficient (Wildman–Crippen LogP) is -0.139. The molecule has 0 radical (unpaired) electrons. The van der Waals surface area contributed by atoms with E-state index in [4.69, 9.17) is 10.2 Å². The maximum absolute atomic E-state index is 8.57. The molecule has 88 valence electrons. The minimum absolute atomic E-state index is 0.181. The van der Waals surface area contributed by atoms with Crippen LogP contribution in [0.4, 0.5) is 0 Å². The molecule has 0 rings (SSSR count). The van der Waals surface area contributed by atoms with E-state index < -0.39 is 0 Å². The lowest BCUT2D eigenvalue weighted by molar-refractivity contribution is 0.161. The summed E-state index contributed by atoms with van der Waals surface area (Å²) in [6, 6.07) is 0. The first-order valence-electron chi connectivity index (χ1n) is 5.13. The molecule has 0 aromatic carbocycles. The van der Waals surface area contributed by atoms with Crippen LogP contribution in [0.25, 0.3) is 0 Å². The lowest BCUT2D eigenvalue weighted by Gasteiger charge is -2.18. The molecule has 0 aliphatic heterocycles. The molecule has 0 fully saturated rings. The van der Waals surface area contributed by atoms with Gasteiger partial charge in [-0.1, -0.05) is 6.92 Å². The molecule has 0 unspecified atom stereocenters. The van der Waals surface area contributed by atoms with Gasteiger partial charge in [0.1, 0.15) is 0 Å². The van der Waals surface area contributed by atoms with E-state index >= 15 is 0 Å². The molecule has 0 spiro atoms. The molecule has 4 nitrogen and oxygen atoms in total. The highest BCUT2D eigenvalue weighted by molar-refractivity contribution is 4.53. The number of hydrogen-bond donors (Lipinski definition) is 2. The van der Waals surface area contributed by atoms with Crippen LogP contribution in [0.15, 0.2) is 0 Å². The molecule has 0 atom stereocenters. The van der Waals surface area contributed by atoms with Crippen molar-refractivity contribution in [2.45, 2.75) is 13.3 Å². The zero-order valence-corrected chi connectivity index (χ0v) is 10.0. The van der Waals surface area contributed by atoms with Crippen molar-refractivity contribution in [3.05, 3.63) is 0 Å². The van der Waals surface area contributed by atoms with Crippen LogP contribution < -0.4 is 0 Å². The molecule has 4 heteroatoms. The van der Waals surface area contributed by atoms with Crippen molar-refractivity contribution in [1.29, 1.82) is 0 Å². The normalized spacial score (nSPS) is 10.3. The fourth-order valence-corrected chi connectivity index (χ4v) is 0.934. The zero-order chi connectivity index (χ0) is 11.4. The maximum atomic E-state index is 8.57. The van der Waals surface area contributed by atoms with E-state index in [1.54, 1.807) is 0 Å². The summed E-state index contributed by atoms with van der Waals surface area (Å²) in [7, 11) is 6.00. The highest BCUT2D eigenvalue weighted by atomic mass is 16.3. The Hall–Kier alpha value is -0.160. The quantitative estimate of drug-likeness (QED) is 0.635. The molecule has 0 heterocycles. The first-order valence-corrected chi connectivity index (χ1v) is 5.13. The Morgan fingerprint density at radius 1 is 0.857 bits per heavy atom. The van der Waals surface area contributed by atoms with E-state index in [2.05, 4.69) is 6.92 Å². The highest BCUT2D eigenvalue weighted by Gasteiger charge is 1.99. The number of aliphatic hydroxyl groups excluding tert-OH is 2. The van der Waals surface area contributed by atoms with Gasteiger partial charge in [0.15, 0.2) is 0 Å². The highest BCUT2D eigenvalue weighted by Crippen LogP contribution is 1.88. The van der Waals surface area contributed by atoms with Gasteiger partial charge in [0, 0.05) is 13.1 Å². The summed E-state index contributed by atoms with van der Waals surface area (Å²) >= 11 is 0. The molecular weight excluding hydrogens is 180 g/mol. The van der Waals surface area contributed by atoms with Crippen molar-refractivity contribution in [3.8, 4) is 0 Å². The van der Waals surface area contributed by atoms with E-state index in [9.17, 15) is 0 Å². The van der Waals surface area contributed by atoms with Crippen molar-refractivity contribution in [1.82, 2.24) is 9.80 Å². The zero-order valence-electron chi connectivity index (χ0n) is 10.0. The van der Waals surface area contributed by atoms with Gasteiger partial charge in [-0.05, 0) is 34.1 Å². The summed E-state index contributed by atoms with van der Waals surface area (Å²) < 4.78 is 0. The Balaban J connectivity index is 0. The van der Waals surface area contributed by atoms with Crippen molar-refractivity contribution < 1.29 is 10.2 Å². The third-order valence-electron chi connectivity index (χ3n) is 1.37. The summed E-state index contributed by atoms with van der Waals surface area (Å²) in [5, 5.41) is 17.1. The fraction of sp³-hybridized carbons (Fsp3) is 1.00. The van der Waals surface area contributed by atoms with E-state index in [1.807, 2.05) is 30.9 Å². The third-order valence-corrected chi connectivity index (χ3v) is 1.37. The van der Waals surface area contributed by atoms with Gasteiger partial charge in [0.25, 0.3) is 0 Å². The number of nitrogens with zero attached hydrogens (tertiary/aromatic N) is 2. The first kappa shape index (κ1) is 16.3. The largest absolute Gasteiger partial charge is 0.395 e. The monoisotopic (exact) mass is 206 g/mol. The Kier molecular flexibility index (Phi) is 14.9. The number of hydrogen-bond acceptors (Lipinski definition) is 4. The molecule has 0 aromatic heterocycles. The van der Waals surface area contributed by atoms with Crippen LogP contribution in [0.1, 0.15) is 13.3 Å². The van der Waals surface area contributed by atoms with E-state index in [-0.39, 0.29) is 13.2 Å². The fourth-order valence-electron chi connectivity index (χ4n) is 0.934. The van der Waals surface area contributed by atoms with Gasteiger partial charge in [-0.15, -0.1) is 0 Å². The SMILES string of the molecule is CCCN(CCO)CCO.CN(C)C. The summed E-state index contributed by atoms with van der Waals surface area (Å²) in [6.45, 7) is 4.76. The van der Waals surface area contributed by atoms with E-state index in [0.29, 0.717) is 13.1 Å². The lowest BCUT2D eigenvalue weighted by atomic mass is 10.4. The third kappa shape index (κ3) is 17.8. The Morgan fingerprint density at radius 2 is 1.21 bits per heavy atom. The van der Waals surface area contributed by atoms with Gasteiger partial charge >= 0.3 is 0 Å². The second kappa shape index (κ2) is 12.8. The molecule has 0 saturated heterocycles. The molecule has 0 aromatic rings. The van der Waals surface area contributed by atoms with Gasteiger partial charge in [-0.25, -0.2) is 0 Å². The van der Waals surface area contributed by atoms with Gasteiger partial charge in [-0.3, -0.25) is 4.90 Å². The van der Waals surface area contributed by atoms with E-state index in [0.717, 1.165) is 13.0 Å². The molecule has 14 heavy (non-hydrogen) atoms. The maximum Gasteiger partial charge on any atom is 0.0558 e. The van der Waals surface area contributed by atoms with Crippen LogP contribution in [0.5, 0.6) is 0 Å². The van der Waals surface area contributed by atoms with Crippen molar-refractivity contribution in [2.24, 2.45) is 0 Å². The summed E-state index contributed by atoms with van der Waals surface area (Å²) in [5.41, 5.74) is 0. The Labute approximate surface area is 88.1 Å². The smallest absolute Gasteiger partial charge is 0.0558 e. The van der Waals surface area contributed by atoms with Crippen LogP contribution in [0, 0.1) is 0 Å². The van der Waals surface area contributed by atoms with Gasteiger partial charge in [0.2, 0.25) is 0 Å². The molecule has 0 aliphatic rings. The first-order chi connectivity index (χ1) is 6.58. The minimum Gasteiger partial charge on any atom is -0.395 e. The summed E-state index contributed by atoms with van der Waals surface area (Å²) in [4.78, 5) is 4.04. The predicted molar refractivity (Wildman–Crippen MR) is 60.5 cm³/mol. The lowest BCUT2D eigenvalue weighted by Crippen LogP contribution is -2.30. The Bertz CT molecular complexity index is 83.1. The Morgan fingerprint density at radius 3 is 1.43 bits per heavy atom. The van der Waals surface area contributed by atoms with Crippen LogP contribution in [-0.2, 0) is 0 Å². The number of rotatable bonds is 6. The molecule has 0 amide bonds. The van der Waals surface area contributed by atoms with Crippen LogP contribution in [-0.4, -0.2) is 74.0 Å². The second-order valence-corrected chi connectivity index (χ2v) is 3.63. The van der Waals surface area contributed by atoms with Crippen molar-refractivity contribution >= 4 is 0 Å². The molecular formula is C10H26N2O2. The van der Waals surface area contributed by atoms with Gasteiger partial charge in [-0.2, -0.15) is 0 Å². The van der Waals surface area contributed by atoms with Crippen LogP contribution in [0.3, 0.4) is 0 Å². The number of aliphatic hydroxyl groups is 2. The average molecular weight is 206 g/mol. The minimum atomic E-state index is 0.181. The summed E-state index contributed by atoms with van der Waals surface area (Å²) in [6.07, 6.45) is 1.07. The molecule has 0 saturated carbocycles. The molecule has 0 bridgehead atoms. The van der Waals surface area contributed by atoms with E-state index in [1.165, 1.54) is 0 Å². The second-order valence-electron chi connectivity index (χ2n) is 3.63. The standard InChI is InChI=1S/C7H17NO2.C3H9N/c1-2-3-8(4-6-9)5-7-10;1-4(2)3/h9-10H,2-7H2,1H3;1-3H3. The molecule has 0 aliphatic carbocycles. The topological polar surface area (TPSA) is 46.9 Å². The van der Waals surface area contributed by atoms with Crippen LogP contribution in [0.2, 0.25) is 0 Å². The van der Waals surface area contributed by atoms with Crippen LogP contribution >= 0.6 is 0 Å². The summed E-state index contributed by atoms with van der Waals surface area (Å²) in [5.74, 6) is 0. The van der Waals surface area contributed by atoms with Gasteiger partial charge in [0.05, 0.1) is 13.2 Å². The average Bonchev–Trinajstić information content (AvgIpc) is 2.04. The van der Waals surface area contributed by atoms with Crippen molar-refractivity contribution in [2.75, 3.05) is 54.0 Å².